The van der Waals surface area contributed by atoms with Crippen LogP contribution in [-0.4, -0.2) is 10.8 Å². The van der Waals surface area contributed by atoms with Crippen molar-refractivity contribution in [2.24, 2.45) is 16.7 Å². The van der Waals surface area contributed by atoms with Gasteiger partial charge in [0.2, 0.25) is 0 Å². The highest BCUT2D eigenvalue weighted by atomic mass is 35.5. The molecular weight excluding hydrogens is 200 g/mol. The first kappa shape index (κ1) is 10.4. The van der Waals surface area contributed by atoms with Gasteiger partial charge in [-0.05, 0) is 24.3 Å². The average molecular weight is 211 g/mol. The number of aromatic nitrogens is 1. The number of nitrogens with two attached hydrogens (primary N) is 2. The number of hydrogen-bond donors (Lipinski definition) is 3. The van der Waals surface area contributed by atoms with E-state index >= 15 is 0 Å². The summed E-state index contributed by atoms with van der Waals surface area (Å²) in [7, 11) is 0. The van der Waals surface area contributed by atoms with E-state index in [4.69, 9.17) is 11.6 Å². The second kappa shape index (κ2) is 4.02. The fourth-order valence-corrected chi connectivity index (χ4v) is 1.29. The largest absolute Gasteiger partial charge is 0.382 e. The monoisotopic (exact) mass is 210 g/mol. The summed E-state index contributed by atoms with van der Waals surface area (Å²) in [6.45, 7) is 0. The number of fused-ring (bicyclic) bond motifs is 1. The van der Waals surface area contributed by atoms with Gasteiger partial charge in [0.25, 0.3) is 0 Å². The van der Waals surface area contributed by atoms with Crippen molar-refractivity contribution in [3.05, 3.63) is 36.0 Å². The molecule has 0 aliphatic rings. The zero-order valence-electron chi connectivity index (χ0n) is 7.40. The quantitative estimate of drug-likeness (QED) is 0.286. The van der Waals surface area contributed by atoms with Crippen LogP contribution in [0.3, 0.4) is 0 Å². The van der Waals surface area contributed by atoms with Gasteiger partial charge in [0.15, 0.2) is 0 Å². The third kappa shape index (κ3) is 1.65. The van der Waals surface area contributed by atoms with Gasteiger partial charge in [-0.2, -0.15) is 5.10 Å². The number of nitrogens with zero attached hydrogens (tertiary/aromatic N) is 1. The van der Waals surface area contributed by atoms with E-state index in [9.17, 15) is 0 Å². The Balaban J connectivity index is 0.000000980. The van der Waals surface area contributed by atoms with E-state index < -0.39 is 0 Å². The molecule has 5 N–H and O–H groups in total. The third-order valence-electron chi connectivity index (χ3n) is 1.99. The first-order valence-electron chi connectivity index (χ1n) is 3.92. The van der Waals surface area contributed by atoms with Crippen molar-refractivity contribution in [3.8, 4) is 0 Å². The maximum Gasteiger partial charge on any atom is 0.150 e. The molecule has 14 heavy (non-hydrogen) atoms. The van der Waals surface area contributed by atoms with E-state index in [1.165, 1.54) is 0 Å². The Labute approximate surface area is 87.4 Å². The third-order valence-corrected chi connectivity index (χ3v) is 1.99. The lowest BCUT2D eigenvalue weighted by Gasteiger charge is -1.98. The topological polar surface area (TPSA) is 80.2 Å². The number of benzene rings is 1. The van der Waals surface area contributed by atoms with Crippen LogP contribution in [0, 0.1) is 0 Å². The molecule has 0 fully saturated rings. The number of nitrogens with one attached hydrogen (secondary N) is 1. The number of halogens is 1. The molecule has 74 valence electrons. The van der Waals surface area contributed by atoms with E-state index in [1.54, 1.807) is 0 Å². The molecule has 1 heterocycles. The average Bonchev–Trinajstić information content (AvgIpc) is 2.63. The molecule has 0 bridgehead atoms. The lowest BCUT2D eigenvalue weighted by Crippen LogP contribution is -2.15. The first-order chi connectivity index (χ1) is 6.31. The van der Waals surface area contributed by atoms with Gasteiger partial charge in [0, 0.05) is 22.7 Å². The smallest absolute Gasteiger partial charge is 0.150 e. The predicted molar refractivity (Wildman–Crippen MR) is 60.5 cm³/mol. The van der Waals surface area contributed by atoms with Gasteiger partial charge < -0.3 is 16.6 Å². The van der Waals surface area contributed by atoms with Gasteiger partial charge in [0.05, 0.1) is 0 Å². The van der Waals surface area contributed by atoms with E-state index in [0.717, 1.165) is 16.5 Å². The molecule has 0 aliphatic carbocycles. The summed E-state index contributed by atoms with van der Waals surface area (Å²) in [5.41, 5.74) is 7.49. The van der Waals surface area contributed by atoms with Crippen molar-refractivity contribution in [2.75, 3.05) is 0 Å². The summed E-state index contributed by atoms with van der Waals surface area (Å²) in [6, 6.07) is 7.74. The van der Waals surface area contributed by atoms with E-state index in [-0.39, 0.29) is 12.4 Å². The Morgan fingerprint density at radius 3 is 2.79 bits per heavy atom. The van der Waals surface area contributed by atoms with Crippen LogP contribution in [0.15, 0.2) is 35.6 Å². The molecule has 0 radical (unpaired) electrons. The molecule has 2 aromatic rings. The summed E-state index contributed by atoms with van der Waals surface area (Å²) < 4.78 is 0. The lowest BCUT2D eigenvalue weighted by molar-refractivity contribution is 1.23. The molecule has 1 aromatic carbocycles. The summed E-state index contributed by atoms with van der Waals surface area (Å²) in [5, 5.41) is 4.54. The van der Waals surface area contributed by atoms with Gasteiger partial charge in [-0.25, -0.2) is 0 Å². The van der Waals surface area contributed by atoms with Crippen molar-refractivity contribution in [2.45, 2.75) is 0 Å². The minimum atomic E-state index is 0. The maximum atomic E-state index is 5.57. The van der Waals surface area contributed by atoms with E-state index in [1.807, 2.05) is 30.5 Å². The second-order valence-corrected chi connectivity index (χ2v) is 2.79. The van der Waals surface area contributed by atoms with Crippen LogP contribution in [0.2, 0.25) is 0 Å². The minimum absolute atomic E-state index is 0. The number of amidine groups is 1. The van der Waals surface area contributed by atoms with Crippen molar-refractivity contribution in [3.63, 3.8) is 0 Å². The Morgan fingerprint density at radius 1 is 1.29 bits per heavy atom. The molecule has 0 unspecified atom stereocenters. The highest BCUT2D eigenvalue weighted by Gasteiger charge is 1.99. The van der Waals surface area contributed by atoms with Crippen molar-refractivity contribution in [1.29, 1.82) is 0 Å². The highest BCUT2D eigenvalue weighted by Crippen LogP contribution is 2.13. The molecule has 0 amide bonds. The molecule has 1 aromatic heterocycles. The molecular formula is C9H11ClN4. The fourth-order valence-electron chi connectivity index (χ4n) is 1.29. The summed E-state index contributed by atoms with van der Waals surface area (Å²) in [6.07, 6.45) is 1.88. The van der Waals surface area contributed by atoms with Crippen LogP contribution < -0.4 is 11.6 Å². The lowest BCUT2D eigenvalue weighted by atomic mass is 10.1. The normalized spacial score (nSPS) is 11.3. The molecule has 5 heteroatoms. The molecule has 0 saturated heterocycles. The summed E-state index contributed by atoms with van der Waals surface area (Å²) >= 11 is 0. The van der Waals surface area contributed by atoms with Crippen LogP contribution in [0.1, 0.15) is 5.56 Å². The van der Waals surface area contributed by atoms with Crippen LogP contribution >= 0.6 is 12.4 Å². The summed E-state index contributed by atoms with van der Waals surface area (Å²) in [5.74, 6) is 5.43. The number of hydrazone groups is 1. The van der Waals surface area contributed by atoms with Crippen LogP contribution in [-0.2, 0) is 0 Å². The van der Waals surface area contributed by atoms with Gasteiger partial charge in [-0.15, -0.1) is 12.4 Å². The molecule has 0 saturated carbocycles. The number of aromatic amines is 1. The first-order valence-corrected chi connectivity index (χ1v) is 3.92. The minimum Gasteiger partial charge on any atom is -0.382 e. The Kier molecular flexibility index (Phi) is 2.99. The fraction of sp³-hybridized carbons (Fsp3) is 0. The molecule has 0 spiro atoms. The number of hydrogen-bond acceptors (Lipinski definition) is 2. The van der Waals surface area contributed by atoms with Crippen molar-refractivity contribution in [1.82, 2.24) is 4.98 Å². The Morgan fingerprint density at radius 2 is 2.07 bits per heavy atom. The number of H-pyrrole nitrogens is 1. The predicted octanol–water partition coefficient (Wildman–Crippen LogP) is 1.17. The van der Waals surface area contributed by atoms with Crippen molar-refractivity contribution < 1.29 is 0 Å². The molecule has 0 atom stereocenters. The maximum absolute atomic E-state index is 5.57. The van der Waals surface area contributed by atoms with Crippen molar-refractivity contribution >= 4 is 29.1 Å². The van der Waals surface area contributed by atoms with Gasteiger partial charge in [0.1, 0.15) is 5.84 Å². The van der Waals surface area contributed by atoms with Gasteiger partial charge in [-0.3, -0.25) is 0 Å². The summed E-state index contributed by atoms with van der Waals surface area (Å²) in [4.78, 5) is 3.09. The SMILES string of the molecule is Cl.N/N=C(\N)c1ccc2[nH]ccc2c1. The number of rotatable bonds is 1. The molecule has 4 nitrogen and oxygen atoms in total. The molecule has 2 rings (SSSR count). The zero-order chi connectivity index (χ0) is 9.26. The molecule has 0 aliphatic heterocycles. The zero-order valence-corrected chi connectivity index (χ0v) is 8.21. The van der Waals surface area contributed by atoms with Crippen LogP contribution in [0.25, 0.3) is 10.9 Å². The van der Waals surface area contributed by atoms with Crippen LogP contribution in [0.5, 0.6) is 0 Å². The Hall–Kier alpha value is -1.68. The highest BCUT2D eigenvalue weighted by molar-refractivity contribution is 6.00. The Bertz CT molecular complexity index is 461. The van der Waals surface area contributed by atoms with Gasteiger partial charge in [-0.1, -0.05) is 0 Å². The van der Waals surface area contributed by atoms with E-state index in [0.29, 0.717) is 5.84 Å². The van der Waals surface area contributed by atoms with E-state index in [2.05, 4.69) is 10.1 Å². The van der Waals surface area contributed by atoms with Crippen LogP contribution in [0.4, 0.5) is 0 Å². The standard InChI is InChI=1S/C9H10N4.ClH/c10-9(13-11)7-1-2-8-6(5-7)3-4-12-8;/h1-5,12H,11H2,(H2,10,13);1H. The van der Waals surface area contributed by atoms with Gasteiger partial charge >= 0.3 is 0 Å². The second-order valence-electron chi connectivity index (χ2n) is 2.79.